The van der Waals surface area contributed by atoms with Crippen molar-refractivity contribution in [3.05, 3.63) is 48.1 Å². The van der Waals surface area contributed by atoms with Crippen LogP contribution in [-0.2, 0) is 0 Å². The number of piperidine rings is 1. The monoisotopic (exact) mass is 263 g/mol. The lowest BCUT2D eigenvalue weighted by atomic mass is 10.0. The molecular formula is C14H15F2N3. The second-order valence-corrected chi connectivity index (χ2v) is 4.82. The molecule has 3 nitrogen and oxygen atoms in total. The predicted octanol–water partition coefficient (Wildman–Crippen LogP) is 2.97. The highest BCUT2D eigenvalue weighted by Crippen LogP contribution is 2.25. The van der Waals surface area contributed by atoms with Gasteiger partial charge in [0, 0.05) is 12.1 Å². The number of nitrogens with one attached hydrogen (secondary N) is 1. The summed E-state index contributed by atoms with van der Waals surface area (Å²) in [6.07, 6.45) is 6.69. The van der Waals surface area contributed by atoms with Crippen molar-refractivity contribution in [2.45, 2.75) is 25.3 Å². The van der Waals surface area contributed by atoms with Crippen molar-refractivity contribution < 1.29 is 8.78 Å². The number of hydrogen-bond acceptors (Lipinski definition) is 2. The van der Waals surface area contributed by atoms with E-state index < -0.39 is 11.6 Å². The molecule has 1 aromatic heterocycles. The molecule has 1 fully saturated rings. The molecule has 1 N–H and O–H groups in total. The van der Waals surface area contributed by atoms with E-state index in [2.05, 4.69) is 10.3 Å². The molecule has 0 saturated carbocycles. The molecule has 100 valence electrons. The summed E-state index contributed by atoms with van der Waals surface area (Å²) in [5, 5.41) is 3.41. The molecule has 1 saturated heterocycles. The van der Waals surface area contributed by atoms with Gasteiger partial charge < -0.3 is 9.88 Å². The lowest BCUT2D eigenvalue weighted by Crippen LogP contribution is -2.28. The first kappa shape index (κ1) is 12.3. The smallest absolute Gasteiger partial charge is 0.128 e. The fourth-order valence-corrected chi connectivity index (χ4v) is 2.56. The Morgan fingerprint density at radius 3 is 2.63 bits per heavy atom. The highest BCUT2D eigenvalue weighted by Gasteiger charge is 2.19. The van der Waals surface area contributed by atoms with Crippen molar-refractivity contribution in [1.29, 1.82) is 0 Å². The molecule has 1 atom stereocenters. The second kappa shape index (κ2) is 5.09. The fourth-order valence-electron chi connectivity index (χ4n) is 2.56. The zero-order valence-electron chi connectivity index (χ0n) is 10.4. The zero-order valence-corrected chi connectivity index (χ0v) is 10.4. The Morgan fingerprint density at radius 2 is 1.95 bits per heavy atom. The molecule has 0 radical (unpaired) electrons. The number of rotatable bonds is 2. The van der Waals surface area contributed by atoms with Gasteiger partial charge in [0.2, 0.25) is 0 Å². The molecule has 1 aliphatic rings. The number of hydrogen-bond donors (Lipinski definition) is 1. The molecule has 1 unspecified atom stereocenters. The Labute approximate surface area is 110 Å². The van der Waals surface area contributed by atoms with E-state index in [0.717, 1.165) is 31.1 Å². The quantitative estimate of drug-likeness (QED) is 0.902. The fraction of sp³-hybridized carbons (Fsp3) is 0.357. The first-order chi connectivity index (χ1) is 9.24. The van der Waals surface area contributed by atoms with Gasteiger partial charge in [-0.3, -0.25) is 0 Å². The van der Waals surface area contributed by atoms with Gasteiger partial charge >= 0.3 is 0 Å². The Kier molecular flexibility index (Phi) is 3.29. The molecule has 2 aromatic rings. The van der Waals surface area contributed by atoms with E-state index in [9.17, 15) is 8.78 Å². The van der Waals surface area contributed by atoms with Crippen molar-refractivity contribution in [2.24, 2.45) is 0 Å². The summed E-state index contributed by atoms with van der Waals surface area (Å²) in [6, 6.07) is 3.70. The van der Waals surface area contributed by atoms with Gasteiger partial charge in [-0.25, -0.2) is 13.8 Å². The van der Waals surface area contributed by atoms with Crippen LogP contribution in [0.3, 0.4) is 0 Å². The largest absolute Gasteiger partial charge is 0.309 e. The van der Waals surface area contributed by atoms with Gasteiger partial charge in [0.15, 0.2) is 0 Å². The maximum Gasteiger partial charge on any atom is 0.128 e. The molecule has 3 rings (SSSR count). The number of benzene rings is 1. The molecule has 2 heterocycles. The molecule has 0 spiro atoms. The van der Waals surface area contributed by atoms with Crippen LogP contribution in [0.25, 0.3) is 5.69 Å². The average Bonchev–Trinajstić information content (AvgIpc) is 2.88. The van der Waals surface area contributed by atoms with E-state index >= 15 is 0 Å². The molecule has 0 amide bonds. The summed E-state index contributed by atoms with van der Waals surface area (Å²) in [6.45, 7) is 0.966. The SMILES string of the molecule is Fc1cc(F)cc(-n2cncc2C2CCCCN2)c1. The van der Waals surface area contributed by atoms with Crippen LogP contribution >= 0.6 is 0 Å². The van der Waals surface area contributed by atoms with Crippen molar-refractivity contribution in [3.63, 3.8) is 0 Å². The lowest BCUT2D eigenvalue weighted by molar-refractivity contribution is 0.401. The van der Waals surface area contributed by atoms with Crippen LogP contribution < -0.4 is 5.32 Å². The topological polar surface area (TPSA) is 29.9 Å². The van der Waals surface area contributed by atoms with Crippen LogP contribution in [0.1, 0.15) is 31.0 Å². The summed E-state index contributed by atoms with van der Waals surface area (Å²) >= 11 is 0. The van der Waals surface area contributed by atoms with E-state index in [1.807, 2.05) is 0 Å². The first-order valence-corrected chi connectivity index (χ1v) is 6.46. The van der Waals surface area contributed by atoms with E-state index in [1.165, 1.54) is 18.6 Å². The van der Waals surface area contributed by atoms with Gasteiger partial charge in [-0.1, -0.05) is 6.42 Å². The third-order valence-electron chi connectivity index (χ3n) is 3.46. The summed E-state index contributed by atoms with van der Waals surface area (Å²) in [7, 11) is 0. The molecule has 0 bridgehead atoms. The first-order valence-electron chi connectivity index (χ1n) is 6.46. The van der Waals surface area contributed by atoms with Gasteiger partial charge in [0.05, 0.1) is 23.9 Å². The van der Waals surface area contributed by atoms with Crippen LogP contribution in [0.15, 0.2) is 30.7 Å². The number of halogens is 2. The van der Waals surface area contributed by atoms with Gasteiger partial charge in [0.25, 0.3) is 0 Å². The molecule has 19 heavy (non-hydrogen) atoms. The van der Waals surface area contributed by atoms with E-state index in [1.54, 1.807) is 17.1 Å². The van der Waals surface area contributed by atoms with Crippen molar-refractivity contribution in [3.8, 4) is 5.69 Å². The van der Waals surface area contributed by atoms with Gasteiger partial charge in [0.1, 0.15) is 11.6 Å². The zero-order chi connectivity index (χ0) is 13.2. The summed E-state index contributed by atoms with van der Waals surface area (Å²) < 4.78 is 28.4. The third-order valence-corrected chi connectivity index (χ3v) is 3.46. The number of imidazole rings is 1. The van der Waals surface area contributed by atoms with Crippen LogP contribution in [-0.4, -0.2) is 16.1 Å². The Hall–Kier alpha value is -1.75. The molecule has 1 aromatic carbocycles. The number of aromatic nitrogens is 2. The van der Waals surface area contributed by atoms with Crippen molar-refractivity contribution in [1.82, 2.24) is 14.9 Å². The van der Waals surface area contributed by atoms with Crippen LogP contribution in [0.2, 0.25) is 0 Å². The third kappa shape index (κ3) is 2.51. The average molecular weight is 263 g/mol. The minimum Gasteiger partial charge on any atom is -0.309 e. The van der Waals surface area contributed by atoms with Crippen LogP contribution in [0.5, 0.6) is 0 Å². The Bertz CT molecular complexity index is 554. The van der Waals surface area contributed by atoms with E-state index in [0.29, 0.717) is 5.69 Å². The summed E-state index contributed by atoms with van der Waals surface area (Å²) in [4.78, 5) is 4.11. The predicted molar refractivity (Wildman–Crippen MR) is 68.1 cm³/mol. The molecule has 5 heteroatoms. The van der Waals surface area contributed by atoms with Gasteiger partial charge in [-0.15, -0.1) is 0 Å². The molecule has 1 aliphatic heterocycles. The highest BCUT2D eigenvalue weighted by atomic mass is 19.1. The normalized spacial score (nSPS) is 19.6. The van der Waals surface area contributed by atoms with Gasteiger partial charge in [-0.2, -0.15) is 0 Å². The second-order valence-electron chi connectivity index (χ2n) is 4.82. The number of nitrogens with zero attached hydrogens (tertiary/aromatic N) is 2. The van der Waals surface area contributed by atoms with Crippen LogP contribution in [0, 0.1) is 11.6 Å². The summed E-state index contributed by atoms with van der Waals surface area (Å²) in [5.74, 6) is -1.16. The Balaban J connectivity index is 1.98. The maximum atomic E-state index is 13.3. The minimum atomic E-state index is -0.578. The highest BCUT2D eigenvalue weighted by molar-refractivity contribution is 5.35. The molecule has 0 aliphatic carbocycles. The van der Waals surface area contributed by atoms with Gasteiger partial charge in [-0.05, 0) is 31.5 Å². The van der Waals surface area contributed by atoms with Crippen LogP contribution in [0.4, 0.5) is 8.78 Å². The van der Waals surface area contributed by atoms with Crippen molar-refractivity contribution in [2.75, 3.05) is 6.54 Å². The van der Waals surface area contributed by atoms with Crippen molar-refractivity contribution >= 4 is 0 Å². The lowest BCUT2D eigenvalue weighted by Gasteiger charge is -2.24. The summed E-state index contributed by atoms with van der Waals surface area (Å²) in [5.41, 5.74) is 1.42. The maximum absolute atomic E-state index is 13.3. The van der Waals surface area contributed by atoms with E-state index in [4.69, 9.17) is 0 Å². The standard InChI is InChI=1S/C14H15F2N3/c15-10-5-11(16)7-12(6-10)19-9-17-8-14(19)13-3-1-2-4-18-13/h5-9,13,18H,1-4H2. The minimum absolute atomic E-state index is 0.197. The Morgan fingerprint density at radius 1 is 1.16 bits per heavy atom. The van der Waals surface area contributed by atoms with E-state index in [-0.39, 0.29) is 6.04 Å². The molecular weight excluding hydrogens is 248 g/mol.